The van der Waals surface area contributed by atoms with Crippen molar-refractivity contribution >= 4 is 0 Å². The average molecular weight is 449 g/mol. The van der Waals surface area contributed by atoms with Crippen LogP contribution < -0.4 is 0 Å². The summed E-state index contributed by atoms with van der Waals surface area (Å²) in [5, 5.41) is 0. The third kappa shape index (κ3) is 7.22. The zero-order valence-corrected chi connectivity index (χ0v) is 19.0. The molecule has 3 aromatic carbocycles. The summed E-state index contributed by atoms with van der Waals surface area (Å²) in [5.41, 5.74) is 3.35. The van der Waals surface area contributed by atoms with Crippen molar-refractivity contribution < 1.29 is 23.7 Å². The zero-order chi connectivity index (χ0) is 22.7. The molecule has 1 aliphatic rings. The molecule has 1 aliphatic heterocycles. The van der Waals surface area contributed by atoms with E-state index < -0.39 is 0 Å². The van der Waals surface area contributed by atoms with Crippen LogP contribution in [0.1, 0.15) is 23.1 Å². The molecule has 0 spiro atoms. The van der Waals surface area contributed by atoms with Crippen LogP contribution in [0.3, 0.4) is 0 Å². The van der Waals surface area contributed by atoms with E-state index in [2.05, 4.69) is 36.4 Å². The summed E-state index contributed by atoms with van der Waals surface area (Å²) in [4.78, 5) is 0. The monoisotopic (exact) mass is 448 g/mol. The van der Waals surface area contributed by atoms with Crippen LogP contribution in [0.15, 0.2) is 91.0 Å². The number of hydrogen-bond acceptors (Lipinski definition) is 5. The van der Waals surface area contributed by atoms with Gasteiger partial charge in [0.05, 0.1) is 32.5 Å². The van der Waals surface area contributed by atoms with Crippen molar-refractivity contribution in [1.82, 2.24) is 0 Å². The van der Waals surface area contributed by atoms with E-state index in [0.29, 0.717) is 32.8 Å². The van der Waals surface area contributed by atoms with Crippen LogP contribution in [0.2, 0.25) is 0 Å². The summed E-state index contributed by atoms with van der Waals surface area (Å²) in [6, 6.07) is 30.4. The predicted octanol–water partition coefficient (Wildman–Crippen LogP) is 5.14. The third-order valence-corrected chi connectivity index (χ3v) is 5.74. The predicted molar refractivity (Wildman–Crippen MR) is 126 cm³/mol. The van der Waals surface area contributed by atoms with Crippen molar-refractivity contribution in [3.05, 3.63) is 108 Å². The van der Waals surface area contributed by atoms with Gasteiger partial charge in [-0.3, -0.25) is 0 Å². The van der Waals surface area contributed by atoms with Gasteiger partial charge in [0.25, 0.3) is 0 Å². The lowest BCUT2D eigenvalue weighted by Gasteiger charge is -2.28. The fraction of sp³-hybridized carbons (Fsp3) is 0.357. The summed E-state index contributed by atoms with van der Waals surface area (Å²) in [5.74, 6) is 0. The highest BCUT2D eigenvalue weighted by Gasteiger charge is 2.42. The lowest BCUT2D eigenvalue weighted by atomic mass is 10.1. The van der Waals surface area contributed by atoms with Gasteiger partial charge in [-0.2, -0.15) is 0 Å². The molecule has 0 bridgehead atoms. The highest BCUT2D eigenvalue weighted by atomic mass is 16.7. The zero-order valence-electron chi connectivity index (χ0n) is 19.0. The molecular formula is C28H32O5. The van der Waals surface area contributed by atoms with Crippen molar-refractivity contribution in [1.29, 1.82) is 0 Å². The number of ether oxygens (including phenoxy) is 5. The van der Waals surface area contributed by atoms with Gasteiger partial charge in [-0.05, 0) is 16.7 Å². The van der Waals surface area contributed by atoms with Crippen LogP contribution in [-0.2, 0) is 43.5 Å². The van der Waals surface area contributed by atoms with Gasteiger partial charge in [-0.25, -0.2) is 0 Å². The van der Waals surface area contributed by atoms with Gasteiger partial charge in [0.2, 0.25) is 0 Å². The molecule has 4 rings (SSSR count). The van der Waals surface area contributed by atoms with Gasteiger partial charge >= 0.3 is 0 Å². The Labute approximate surface area is 196 Å². The lowest BCUT2D eigenvalue weighted by molar-refractivity contribution is -0.174. The van der Waals surface area contributed by atoms with Gasteiger partial charge in [0.1, 0.15) is 12.2 Å². The minimum atomic E-state index is -0.326. The summed E-state index contributed by atoms with van der Waals surface area (Å²) >= 11 is 0. The van der Waals surface area contributed by atoms with Gasteiger partial charge in [0, 0.05) is 13.5 Å². The van der Waals surface area contributed by atoms with E-state index in [0.717, 1.165) is 16.7 Å². The highest BCUT2D eigenvalue weighted by Crippen LogP contribution is 2.29. The largest absolute Gasteiger partial charge is 0.374 e. The molecule has 5 nitrogen and oxygen atoms in total. The molecule has 174 valence electrons. The molecule has 0 amide bonds. The lowest BCUT2D eigenvalue weighted by Crippen LogP contribution is -2.41. The molecule has 1 fully saturated rings. The fourth-order valence-corrected chi connectivity index (χ4v) is 3.94. The number of rotatable bonds is 12. The Kier molecular flexibility index (Phi) is 9.04. The number of benzene rings is 3. The smallest absolute Gasteiger partial charge is 0.160 e. The van der Waals surface area contributed by atoms with Crippen LogP contribution in [0.5, 0.6) is 0 Å². The maximum atomic E-state index is 6.34. The van der Waals surface area contributed by atoms with E-state index in [-0.39, 0.29) is 24.6 Å². The van der Waals surface area contributed by atoms with E-state index in [1.165, 1.54) is 0 Å². The van der Waals surface area contributed by atoms with Gasteiger partial charge in [-0.15, -0.1) is 0 Å². The van der Waals surface area contributed by atoms with Gasteiger partial charge in [0.15, 0.2) is 6.29 Å². The average Bonchev–Trinajstić information content (AvgIpc) is 3.30. The van der Waals surface area contributed by atoms with Crippen LogP contribution in [-0.4, -0.2) is 38.3 Å². The topological polar surface area (TPSA) is 46.2 Å². The standard InChI is InChI=1S/C28H32O5/c1-29-27-17-25(31-19-23-13-7-3-8-14-23)28(33-27)26(32-20-24-15-9-4-10-16-24)21-30-18-22-11-5-2-6-12-22/h2-16,25-28H,17-21H2,1H3/t25-,26-,27-,28+/m0/s1. The molecule has 1 saturated heterocycles. The first-order valence-electron chi connectivity index (χ1n) is 11.4. The Bertz CT molecular complexity index is 919. The van der Waals surface area contributed by atoms with Crippen molar-refractivity contribution in [2.24, 2.45) is 0 Å². The maximum Gasteiger partial charge on any atom is 0.160 e. The number of hydrogen-bond donors (Lipinski definition) is 0. The second kappa shape index (κ2) is 12.6. The minimum Gasteiger partial charge on any atom is -0.374 e. The maximum absolute atomic E-state index is 6.34. The summed E-state index contributed by atoms with van der Waals surface area (Å²) in [6.07, 6.45) is -0.422. The molecule has 3 aromatic rings. The van der Waals surface area contributed by atoms with Gasteiger partial charge < -0.3 is 23.7 Å². The SMILES string of the molecule is CO[C@@H]1C[C@H](OCc2ccccc2)[C@H]([C@H](COCc2ccccc2)OCc2ccccc2)O1. The first-order valence-corrected chi connectivity index (χ1v) is 11.4. The van der Waals surface area contributed by atoms with Crippen LogP contribution in [0.4, 0.5) is 0 Å². The molecule has 0 radical (unpaired) electrons. The second-order valence-electron chi connectivity index (χ2n) is 8.17. The molecular weight excluding hydrogens is 416 g/mol. The summed E-state index contributed by atoms with van der Waals surface area (Å²) in [7, 11) is 1.66. The molecule has 0 saturated carbocycles. The molecule has 0 N–H and O–H groups in total. The molecule has 33 heavy (non-hydrogen) atoms. The fourth-order valence-electron chi connectivity index (χ4n) is 3.94. The Hall–Kier alpha value is -2.54. The quantitative estimate of drug-likeness (QED) is 0.384. The van der Waals surface area contributed by atoms with Crippen molar-refractivity contribution in [2.45, 2.75) is 50.8 Å². The Morgan fingerprint density at radius 3 is 1.88 bits per heavy atom. The molecule has 0 aliphatic carbocycles. The summed E-state index contributed by atoms with van der Waals surface area (Å²) in [6.45, 7) is 1.90. The van der Waals surface area contributed by atoms with Crippen LogP contribution >= 0.6 is 0 Å². The van der Waals surface area contributed by atoms with Crippen LogP contribution in [0.25, 0.3) is 0 Å². The Balaban J connectivity index is 1.42. The Morgan fingerprint density at radius 2 is 1.30 bits per heavy atom. The molecule has 0 aromatic heterocycles. The van der Waals surface area contributed by atoms with E-state index in [9.17, 15) is 0 Å². The normalized spacial score (nSPS) is 21.2. The van der Waals surface area contributed by atoms with E-state index in [1.807, 2.05) is 54.6 Å². The number of methoxy groups -OCH3 is 1. The van der Waals surface area contributed by atoms with Gasteiger partial charge in [-0.1, -0.05) is 91.0 Å². The van der Waals surface area contributed by atoms with E-state index in [1.54, 1.807) is 7.11 Å². The minimum absolute atomic E-state index is 0.156. The second-order valence-corrected chi connectivity index (χ2v) is 8.17. The third-order valence-electron chi connectivity index (χ3n) is 5.74. The molecule has 5 heteroatoms. The first kappa shape index (κ1) is 23.6. The first-order chi connectivity index (χ1) is 16.3. The van der Waals surface area contributed by atoms with Crippen molar-refractivity contribution in [3.8, 4) is 0 Å². The molecule has 1 heterocycles. The van der Waals surface area contributed by atoms with Crippen LogP contribution in [0, 0.1) is 0 Å². The Morgan fingerprint density at radius 1 is 0.758 bits per heavy atom. The van der Waals surface area contributed by atoms with Crippen molar-refractivity contribution in [3.63, 3.8) is 0 Å². The van der Waals surface area contributed by atoms with Crippen molar-refractivity contribution in [2.75, 3.05) is 13.7 Å². The highest BCUT2D eigenvalue weighted by molar-refractivity contribution is 5.15. The molecule has 0 unspecified atom stereocenters. The van der Waals surface area contributed by atoms with E-state index >= 15 is 0 Å². The summed E-state index contributed by atoms with van der Waals surface area (Å²) < 4.78 is 30.4. The molecule has 4 atom stereocenters. The van der Waals surface area contributed by atoms with E-state index in [4.69, 9.17) is 23.7 Å².